The first kappa shape index (κ1) is 21.3. The molecule has 4 rings (SSSR count). The number of phenolic OH excluding ortho intramolecular Hbond substituents is 1. The van der Waals surface area contributed by atoms with Crippen LogP contribution in [-0.4, -0.2) is 22.2 Å². The van der Waals surface area contributed by atoms with Crippen molar-refractivity contribution in [1.29, 1.82) is 0 Å². The van der Waals surface area contributed by atoms with Crippen molar-refractivity contribution >= 4 is 0 Å². The first-order chi connectivity index (χ1) is 14.8. The Bertz CT molecular complexity index is 1110. The van der Waals surface area contributed by atoms with Gasteiger partial charge in [0.25, 0.3) is 0 Å². The van der Waals surface area contributed by atoms with Crippen LogP contribution in [0.25, 0.3) is 11.1 Å². The Labute approximate surface area is 183 Å². The lowest BCUT2D eigenvalue weighted by Crippen LogP contribution is -2.45. The topological polar surface area (TPSA) is 54.4 Å². The molecule has 2 aromatic carbocycles. The SMILES string of the molecule is Cc1c(C)c2c(c(C)c1O)CCC(C)(CNCc1cncc(-c3ccc(F)cc3)c1)O2. The fraction of sp³-hybridized carbons (Fsp3) is 0.346. The molecule has 0 radical (unpaired) electrons. The van der Waals surface area contributed by atoms with Crippen molar-refractivity contribution in [2.24, 2.45) is 0 Å². The number of ether oxygens (including phenoxy) is 1. The van der Waals surface area contributed by atoms with E-state index in [1.54, 1.807) is 18.3 Å². The summed E-state index contributed by atoms with van der Waals surface area (Å²) in [5.74, 6) is 1.06. The van der Waals surface area contributed by atoms with Crippen molar-refractivity contribution in [2.45, 2.75) is 52.7 Å². The molecular weight excluding hydrogens is 391 g/mol. The fourth-order valence-electron chi connectivity index (χ4n) is 4.27. The second-order valence-electron chi connectivity index (χ2n) is 8.78. The van der Waals surface area contributed by atoms with E-state index in [0.29, 0.717) is 18.8 Å². The van der Waals surface area contributed by atoms with Crippen molar-refractivity contribution < 1.29 is 14.2 Å². The monoisotopic (exact) mass is 420 g/mol. The van der Waals surface area contributed by atoms with Gasteiger partial charge >= 0.3 is 0 Å². The second-order valence-corrected chi connectivity index (χ2v) is 8.78. The van der Waals surface area contributed by atoms with Gasteiger partial charge in [0.2, 0.25) is 0 Å². The normalized spacial score (nSPS) is 17.8. The zero-order chi connectivity index (χ0) is 22.2. The lowest BCUT2D eigenvalue weighted by atomic mass is 9.87. The number of hydrogen-bond acceptors (Lipinski definition) is 4. The van der Waals surface area contributed by atoms with Gasteiger partial charge in [0, 0.05) is 36.6 Å². The van der Waals surface area contributed by atoms with E-state index in [9.17, 15) is 9.50 Å². The number of aromatic nitrogens is 1. The molecule has 2 heterocycles. The highest BCUT2D eigenvalue weighted by atomic mass is 19.1. The minimum absolute atomic E-state index is 0.243. The van der Waals surface area contributed by atoms with Crippen LogP contribution in [0.5, 0.6) is 11.5 Å². The molecule has 0 spiro atoms. The summed E-state index contributed by atoms with van der Waals surface area (Å²) in [6.45, 7) is 9.41. The number of benzene rings is 2. The van der Waals surface area contributed by atoms with E-state index >= 15 is 0 Å². The van der Waals surface area contributed by atoms with Crippen LogP contribution >= 0.6 is 0 Å². The highest BCUT2D eigenvalue weighted by Crippen LogP contribution is 2.43. The number of pyridine rings is 1. The molecule has 2 N–H and O–H groups in total. The highest BCUT2D eigenvalue weighted by Gasteiger charge is 2.34. The number of aromatic hydroxyl groups is 1. The van der Waals surface area contributed by atoms with Gasteiger partial charge in [-0.2, -0.15) is 0 Å². The van der Waals surface area contributed by atoms with Gasteiger partial charge in [-0.05, 0) is 86.6 Å². The van der Waals surface area contributed by atoms with Crippen LogP contribution in [0.3, 0.4) is 0 Å². The van der Waals surface area contributed by atoms with Gasteiger partial charge < -0.3 is 15.2 Å². The van der Waals surface area contributed by atoms with E-state index in [2.05, 4.69) is 23.3 Å². The summed E-state index contributed by atoms with van der Waals surface area (Å²) in [7, 11) is 0. The Morgan fingerprint density at radius 2 is 1.81 bits per heavy atom. The number of nitrogens with zero attached hydrogens (tertiary/aromatic N) is 1. The van der Waals surface area contributed by atoms with Crippen LogP contribution in [0, 0.1) is 26.6 Å². The molecule has 4 nitrogen and oxygen atoms in total. The first-order valence-electron chi connectivity index (χ1n) is 10.7. The molecule has 0 amide bonds. The number of nitrogens with one attached hydrogen (secondary N) is 1. The van der Waals surface area contributed by atoms with Crippen LogP contribution in [-0.2, 0) is 13.0 Å². The van der Waals surface area contributed by atoms with Crippen molar-refractivity contribution in [1.82, 2.24) is 10.3 Å². The maximum Gasteiger partial charge on any atom is 0.127 e. The van der Waals surface area contributed by atoms with Crippen molar-refractivity contribution in [3.8, 4) is 22.6 Å². The standard InChI is InChI=1S/C26H29FN2O2/c1-16-17(2)25-23(18(3)24(16)30)9-10-26(4,31-25)15-29-13-19-11-21(14-28-12-19)20-5-7-22(27)8-6-20/h5-8,11-12,14,29-30H,9-10,13,15H2,1-4H3. The van der Waals surface area contributed by atoms with E-state index in [4.69, 9.17) is 4.74 Å². The van der Waals surface area contributed by atoms with Gasteiger partial charge in [0.05, 0.1) is 0 Å². The minimum Gasteiger partial charge on any atom is -0.507 e. The average Bonchev–Trinajstić information content (AvgIpc) is 2.77. The van der Waals surface area contributed by atoms with Gasteiger partial charge in [-0.1, -0.05) is 12.1 Å². The number of rotatable bonds is 5. The molecule has 162 valence electrons. The van der Waals surface area contributed by atoms with Crippen molar-refractivity contribution in [3.63, 3.8) is 0 Å². The fourth-order valence-corrected chi connectivity index (χ4v) is 4.27. The second kappa shape index (κ2) is 8.31. The lowest BCUT2D eigenvalue weighted by molar-refractivity contribution is 0.0630. The van der Waals surface area contributed by atoms with Gasteiger partial charge in [-0.25, -0.2) is 4.39 Å². The third-order valence-electron chi connectivity index (χ3n) is 6.39. The molecule has 1 aliphatic rings. The van der Waals surface area contributed by atoms with E-state index in [1.807, 2.05) is 27.0 Å². The molecule has 1 unspecified atom stereocenters. The maximum absolute atomic E-state index is 13.2. The van der Waals surface area contributed by atoms with Crippen LogP contribution in [0.15, 0.2) is 42.7 Å². The number of hydrogen-bond donors (Lipinski definition) is 2. The van der Waals surface area contributed by atoms with E-state index < -0.39 is 0 Å². The average molecular weight is 421 g/mol. The Balaban J connectivity index is 1.44. The Morgan fingerprint density at radius 3 is 2.55 bits per heavy atom. The predicted molar refractivity (Wildman–Crippen MR) is 121 cm³/mol. The molecule has 0 aliphatic carbocycles. The predicted octanol–water partition coefficient (Wildman–Crippen LogP) is 5.39. The largest absolute Gasteiger partial charge is 0.507 e. The summed E-state index contributed by atoms with van der Waals surface area (Å²) in [5.41, 5.74) is 6.60. The van der Waals surface area contributed by atoms with Crippen LogP contribution in [0.4, 0.5) is 4.39 Å². The van der Waals surface area contributed by atoms with E-state index in [1.165, 1.54) is 12.1 Å². The zero-order valence-corrected chi connectivity index (χ0v) is 18.6. The first-order valence-corrected chi connectivity index (χ1v) is 10.7. The van der Waals surface area contributed by atoms with Crippen molar-refractivity contribution in [2.75, 3.05) is 6.54 Å². The van der Waals surface area contributed by atoms with E-state index in [-0.39, 0.29) is 11.4 Å². The Morgan fingerprint density at radius 1 is 1.06 bits per heavy atom. The number of halogens is 1. The third-order valence-corrected chi connectivity index (χ3v) is 6.39. The van der Waals surface area contributed by atoms with Gasteiger partial charge in [-0.3, -0.25) is 4.98 Å². The van der Waals surface area contributed by atoms with Crippen LogP contribution in [0.1, 0.15) is 41.2 Å². The quantitative estimate of drug-likeness (QED) is 0.581. The summed E-state index contributed by atoms with van der Waals surface area (Å²) in [5, 5.41) is 13.9. The molecule has 3 aromatic rings. The van der Waals surface area contributed by atoms with Crippen LogP contribution < -0.4 is 10.1 Å². The molecular formula is C26H29FN2O2. The van der Waals surface area contributed by atoms with E-state index in [0.717, 1.165) is 57.5 Å². The van der Waals surface area contributed by atoms with Gasteiger partial charge in [0.15, 0.2) is 0 Å². The molecule has 1 atom stereocenters. The van der Waals surface area contributed by atoms with Gasteiger partial charge in [0.1, 0.15) is 22.9 Å². The number of phenols is 1. The molecule has 31 heavy (non-hydrogen) atoms. The Kier molecular flexibility index (Phi) is 5.71. The molecule has 5 heteroatoms. The molecule has 0 fully saturated rings. The highest BCUT2D eigenvalue weighted by molar-refractivity contribution is 5.63. The summed E-state index contributed by atoms with van der Waals surface area (Å²) < 4.78 is 19.7. The molecule has 0 bridgehead atoms. The summed E-state index contributed by atoms with van der Waals surface area (Å²) in [6.07, 6.45) is 5.40. The molecule has 1 aliphatic heterocycles. The lowest BCUT2D eigenvalue weighted by Gasteiger charge is -2.38. The Hall–Kier alpha value is -2.92. The van der Waals surface area contributed by atoms with Gasteiger partial charge in [-0.15, -0.1) is 0 Å². The summed E-state index contributed by atoms with van der Waals surface area (Å²) in [4.78, 5) is 4.35. The number of fused-ring (bicyclic) bond motifs is 1. The minimum atomic E-state index is -0.324. The van der Waals surface area contributed by atoms with Crippen molar-refractivity contribution in [3.05, 3.63) is 76.4 Å². The molecule has 1 aromatic heterocycles. The third kappa shape index (κ3) is 4.28. The zero-order valence-electron chi connectivity index (χ0n) is 18.6. The van der Waals surface area contributed by atoms with Crippen LogP contribution in [0.2, 0.25) is 0 Å². The molecule has 0 saturated carbocycles. The molecule has 0 saturated heterocycles. The smallest absolute Gasteiger partial charge is 0.127 e. The summed E-state index contributed by atoms with van der Waals surface area (Å²) >= 11 is 0. The summed E-state index contributed by atoms with van der Waals surface area (Å²) in [6, 6.07) is 8.53. The maximum atomic E-state index is 13.2.